The van der Waals surface area contributed by atoms with Crippen LogP contribution >= 0.6 is 0 Å². The van der Waals surface area contributed by atoms with Crippen molar-refractivity contribution in [3.63, 3.8) is 0 Å². The van der Waals surface area contributed by atoms with Crippen LogP contribution in [0.3, 0.4) is 0 Å². The summed E-state index contributed by atoms with van der Waals surface area (Å²) in [5.74, 6) is 0.894. The van der Waals surface area contributed by atoms with Gasteiger partial charge in [0.15, 0.2) is 0 Å². The van der Waals surface area contributed by atoms with E-state index in [9.17, 15) is 0 Å². The zero-order valence-corrected chi connectivity index (χ0v) is 13.5. The second-order valence-electron chi connectivity index (χ2n) is 8.62. The number of nitrogens with two attached hydrogens (primary N) is 1. The highest BCUT2D eigenvalue weighted by Crippen LogP contribution is 2.47. The lowest BCUT2D eigenvalue weighted by Crippen LogP contribution is -2.49. The molecule has 0 aromatic heterocycles. The molecule has 1 aliphatic heterocycles. The van der Waals surface area contributed by atoms with E-state index in [0.29, 0.717) is 10.8 Å². The second-order valence-corrected chi connectivity index (χ2v) is 8.62. The van der Waals surface area contributed by atoms with Crippen LogP contribution < -0.4 is 5.73 Å². The average molecular weight is 266 g/mol. The van der Waals surface area contributed by atoms with Crippen molar-refractivity contribution in [1.29, 1.82) is 0 Å². The molecule has 1 saturated heterocycles. The van der Waals surface area contributed by atoms with Crippen molar-refractivity contribution < 1.29 is 0 Å². The summed E-state index contributed by atoms with van der Waals surface area (Å²) in [6, 6.07) is 0.817. The molecule has 2 nitrogen and oxygen atoms in total. The standard InChI is InChI=1S/C17H34N2/c1-16(2)11-15(12-17(3,4)13-16)19-9-6-14(5-8-18)7-10-19/h14-15H,5-13,18H2,1-4H3. The van der Waals surface area contributed by atoms with Gasteiger partial charge < -0.3 is 10.6 Å². The van der Waals surface area contributed by atoms with Gasteiger partial charge in [0.1, 0.15) is 0 Å². The number of hydrogen-bond acceptors (Lipinski definition) is 2. The van der Waals surface area contributed by atoms with E-state index in [1.54, 1.807) is 0 Å². The Bertz CT molecular complexity index is 272. The van der Waals surface area contributed by atoms with Crippen LogP contribution in [0.2, 0.25) is 0 Å². The normalized spacial score (nSPS) is 29.5. The lowest BCUT2D eigenvalue weighted by molar-refractivity contribution is 0.00929. The van der Waals surface area contributed by atoms with Crippen LogP contribution in [0, 0.1) is 16.7 Å². The lowest BCUT2D eigenvalue weighted by Gasteiger charge is -2.50. The van der Waals surface area contributed by atoms with Gasteiger partial charge in [0.2, 0.25) is 0 Å². The van der Waals surface area contributed by atoms with Crippen molar-refractivity contribution in [2.75, 3.05) is 19.6 Å². The number of likely N-dealkylation sites (tertiary alicyclic amines) is 1. The molecule has 0 unspecified atom stereocenters. The zero-order chi connectivity index (χ0) is 14.1. The maximum Gasteiger partial charge on any atom is 0.0105 e. The minimum atomic E-state index is 0.514. The predicted octanol–water partition coefficient (Wildman–Crippen LogP) is 3.65. The minimum absolute atomic E-state index is 0.514. The molecule has 1 aliphatic carbocycles. The van der Waals surface area contributed by atoms with Crippen LogP contribution in [0.25, 0.3) is 0 Å². The Morgan fingerprint density at radius 1 is 1.00 bits per heavy atom. The summed E-state index contributed by atoms with van der Waals surface area (Å²) in [7, 11) is 0. The van der Waals surface area contributed by atoms with E-state index in [4.69, 9.17) is 5.73 Å². The maximum absolute atomic E-state index is 5.69. The molecule has 0 bridgehead atoms. The van der Waals surface area contributed by atoms with Gasteiger partial charge in [0.25, 0.3) is 0 Å². The van der Waals surface area contributed by atoms with Crippen molar-refractivity contribution in [1.82, 2.24) is 4.90 Å². The molecule has 2 aliphatic rings. The Labute approximate surface area is 120 Å². The topological polar surface area (TPSA) is 29.3 Å². The molecule has 1 saturated carbocycles. The Hall–Kier alpha value is -0.0800. The van der Waals surface area contributed by atoms with E-state index in [-0.39, 0.29) is 0 Å². The first-order valence-corrected chi connectivity index (χ1v) is 8.25. The Morgan fingerprint density at radius 3 is 2.00 bits per heavy atom. The number of piperidine rings is 1. The summed E-state index contributed by atoms with van der Waals surface area (Å²) in [5, 5.41) is 0. The second kappa shape index (κ2) is 5.73. The first kappa shape index (κ1) is 15.3. The largest absolute Gasteiger partial charge is 0.330 e. The molecule has 0 aromatic carbocycles. The van der Waals surface area contributed by atoms with E-state index >= 15 is 0 Å². The fourth-order valence-electron chi connectivity index (χ4n) is 4.89. The van der Waals surface area contributed by atoms with Crippen LogP contribution in [-0.4, -0.2) is 30.6 Å². The van der Waals surface area contributed by atoms with Gasteiger partial charge in [-0.1, -0.05) is 27.7 Å². The third kappa shape index (κ3) is 4.19. The third-order valence-corrected chi connectivity index (χ3v) is 5.27. The SMILES string of the molecule is CC1(C)CC(N2CCC(CCN)CC2)CC(C)(C)C1. The molecule has 19 heavy (non-hydrogen) atoms. The lowest BCUT2D eigenvalue weighted by atomic mass is 9.63. The van der Waals surface area contributed by atoms with Gasteiger partial charge in [-0.3, -0.25) is 0 Å². The molecule has 2 rings (SSSR count). The average Bonchev–Trinajstić information content (AvgIpc) is 2.26. The molecule has 112 valence electrons. The van der Waals surface area contributed by atoms with Crippen LogP contribution in [-0.2, 0) is 0 Å². The molecule has 0 amide bonds. The van der Waals surface area contributed by atoms with Crippen molar-refractivity contribution in [3.8, 4) is 0 Å². The highest BCUT2D eigenvalue weighted by atomic mass is 15.2. The molecular formula is C17H34N2. The predicted molar refractivity (Wildman–Crippen MR) is 83.2 cm³/mol. The highest BCUT2D eigenvalue weighted by Gasteiger charge is 2.40. The first-order chi connectivity index (χ1) is 8.81. The molecule has 0 spiro atoms. The Kier molecular flexibility index (Phi) is 4.62. The highest BCUT2D eigenvalue weighted by molar-refractivity contribution is 4.94. The van der Waals surface area contributed by atoms with Gasteiger partial charge >= 0.3 is 0 Å². The summed E-state index contributed by atoms with van der Waals surface area (Å²) in [6.45, 7) is 13.3. The molecule has 2 N–H and O–H groups in total. The van der Waals surface area contributed by atoms with E-state index in [1.165, 1.54) is 51.6 Å². The van der Waals surface area contributed by atoms with E-state index in [2.05, 4.69) is 32.6 Å². The summed E-state index contributed by atoms with van der Waals surface area (Å²) in [4.78, 5) is 2.79. The summed E-state index contributed by atoms with van der Waals surface area (Å²) >= 11 is 0. The van der Waals surface area contributed by atoms with Crippen LogP contribution in [0.15, 0.2) is 0 Å². The van der Waals surface area contributed by atoms with Gasteiger partial charge in [0, 0.05) is 6.04 Å². The molecule has 1 heterocycles. The zero-order valence-electron chi connectivity index (χ0n) is 13.5. The first-order valence-electron chi connectivity index (χ1n) is 8.25. The molecule has 0 atom stereocenters. The van der Waals surface area contributed by atoms with Crippen molar-refractivity contribution >= 4 is 0 Å². The molecule has 2 heteroatoms. The quantitative estimate of drug-likeness (QED) is 0.845. The maximum atomic E-state index is 5.69. The van der Waals surface area contributed by atoms with Crippen LogP contribution in [0.4, 0.5) is 0 Å². The smallest absolute Gasteiger partial charge is 0.0105 e. The summed E-state index contributed by atoms with van der Waals surface area (Å²) < 4.78 is 0. The minimum Gasteiger partial charge on any atom is -0.330 e. The van der Waals surface area contributed by atoms with Crippen LogP contribution in [0.5, 0.6) is 0 Å². The fourth-order valence-corrected chi connectivity index (χ4v) is 4.89. The number of rotatable bonds is 3. The van der Waals surface area contributed by atoms with Gasteiger partial charge in [-0.2, -0.15) is 0 Å². The van der Waals surface area contributed by atoms with E-state index < -0.39 is 0 Å². The summed E-state index contributed by atoms with van der Waals surface area (Å²) in [6.07, 6.45) is 8.12. The molecule has 2 fully saturated rings. The third-order valence-electron chi connectivity index (χ3n) is 5.27. The van der Waals surface area contributed by atoms with Crippen molar-refractivity contribution in [2.45, 2.75) is 72.3 Å². The molecule has 0 aromatic rings. The van der Waals surface area contributed by atoms with Crippen molar-refractivity contribution in [2.24, 2.45) is 22.5 Å². The van der Waals surface area contributed by atoms with E-state index in [0.717, 1.165) is 18.5 Å². The Balaban J connectivity index is 1.92. The van der Waals surface area contributed by atoms with E-state index in [1.807, 2.05) is 0 Å². The number of hydrogen-bond donors (Lipinski definition) is 1. The Morgan fingerprint density at radius 2 is 1.53 bits per heavy atom. The summed E-state index contributed by atoms with van der Waals surface area (Å²) in [5.41, 5.74) is 6.72. The van der Waals surface area contributed by atoms with Crippen molar-refractivity contribution in [3.05, 3.63) is 0 Å². The monoisotopic (exact) mass is 266 g/mol. The van der Waals surface area contributed by atoms with Gasteiger partial charge in [-0.15, -0.1) is 0 Å². The van der Waals surface area contributed by atoms with Crippen LogP contribution in [0.1, 0.15) is 66.2 Å². The molecular weight excluding hydrogens is 232 g/mol. The number of nitrogens with zero attached hydrogens (tertiary/aromatic N) is 1. The van der Waals surface area contributed by atoms with Gasteiger partial charge in [-0.05, 0) is 74.9 Å². The fraction of sp³-hybridized carbons (Fsp3) is 1.00. The molecule has 0 radical (unpaired) electrons. The van der Waals surface area contributed by atoms with Gasteiger partial charge in [-0.25, -0.2) is 0 Å². The van der Waals surface area contributed by atoms with Gasteiger partial charge in [0.05, 0.1) is 0 Å².